The number of rotatable bonds is 9. The summed E-state index contributed by atoms with van der Waals surface area (Å²) in [7, 11) is -1.20. The van der Waals surface area contributed by atoms with Crippen molar-refractivity contribution in [1.29, 1.82) is 0 Å². The van der Waals surface area contributed by atoms with Crippen LogP contribution in [0.2, 0.25) is 25.7 Å². The van der Waals surface area contributed by atoms with Crippen LogP contribution in [0.25, 0.3) is 22.6 Å². The summed E-state index contributed by atoms with van der Waals surface area (Å²) in [5.74, 6) is 0.711. The Hall–Kier alpha value is -3.70. The molecular formula is C25H30FN7O2Si. The quantitative estimate of drug-likeness (QED) is 0.232. The second-order valence-electron chi connectivity index (χ2n) is 9.77. The average Bonchev–Trinajstić information content (AvgIpc) is 3.21. The minimum Gasteiger partial charge on any atom is -0.361 e. The molecule has 4 aromatic heterocycles. The largest absolute Gasteiger partial charge is 0.361 e. The first-order valence-corrected chi connectivity index (χ1v) is 15.4. The molecule has 0 aliphatic carbocycles. The molecule has 0 saturated carbocycles. The van der Waals surface area contributed by atoms with Crippen molar-refractivity contribution in [2.45, 2.75) is 46.3 Å². The molecule has 0 aliphatic rings. The number of fused-ring (bicyclic) bond motifs is 1. The molecule has 0 atom stereocenters. The normalized spacial score (nSPS) is 11.6. The van der Waals surface area contributed by atoms with Crippen molar-refractivity contribution in [3.63, 3.8) is 0 Å². The standard InChI is InChI=1S/C25H30FN7O2Si/c1-16-20(26)6-7-21(28-16)24-31-23(30-18-8-10-27-22(14-18)29-17(2)34)19-9-11-33(25(19)32-24)15-35-12-13-36(3,4)5/h6-11,14H,12-13,15H2,1-5H3,(H2,27,29,30,31,32,34). The molecule has 0 aromatic carbocycles. The zero-order valence-electron chi connectivity index (χ0n) is 21.1. The van der Waals surface area contributed by atoms with Crippen LogP contribution in [0.15, 0.2) is 42.7 Å². The van der Waals surface area contributed by atoms with Gasteiger partial charge in [0.15, 0.2) is 5.82 Å². The van der Waals surface area contributed by atoms with E-state index in [1.165, 1.54) is 13.0 Å². The summed E-state index contributed by atoms with van der Waals surface area (Å²) in [6.45, 7) is 11.0. The van der Waals surface area contributed by atoms with Crippen LogP contribution in [0.3, 0.4) is 0 Å². The van der Waals surface area contributed by atoms with Crippen molar-refractivity contribution in [2.75, 3.05) is 17.2 Å². The molecule has 4 aromatic rings. The number of carbonyl (C=O) groups is 1. The van der Waals surface area contributed by atoms with Crippen LogP contribution in [-0.4, -0.2) is 45.1 Å². The number of hydrogen-bond acceptors (Lipinski definition) is 7. The van der Waals surface area contributed by atoms with E-state index >= 15 is 0 Å². The molecule has 9 nitrogen and oxygen atoms in total. The van der Waals surface area contributed by atoms with E-state index in [2.05, 4.69) is 40.2 Å². The van der Waals surface area contributed by atoms with Crippen molar-refractivity contribution in [1.82, 2.24) is 24.5 Å². The Morgan fingerprint density at radius 1 is 1.14 bits per heavy atom. The van der Waals surface area contributed by atoms with Crippen molar-refractivity contribution >= 4 is 42.3 Å². The molecule has 0 fully saturated rings. The first-order chi connectivity index (χ1) is 17.1. The number of pyridine rings is 2. The van der Waals surface area contributed by atoms with Gasteiger partial charge in [0.25, 0.3) is 0 Å². The van der Waals surface area contributed by atoms with Crippen molar-refractivity contribution in [3.05, 3.63) is 54.2 Å². The molecule has 0 spiro atoms. The zero-order valence-corrected chi connectivity index (χ0v) is 22.1. The predicted molar refractivity (Wildman–Crippen MR) is 141 cm³/mol. The Morgan fingerprint density at radius 3 is 2.67 bits per heavy atom. The number of nitrogens with one attached hydrogen (secondary N) is 2. The molecule has 0 saturated heterocycles. The number of aromatic nitrogens is 5. The lowest BCUT2D eigenvalue weighted by molar-refractivity contribution is -0.114. The minimum atomic E-state index is -1.20. The summed E-state index contributed by atoms with van der Waals surface area (Å²) in [5, 5.41) is 6.76. The van der Waals surface area contributed by atoms with E-state index in [0.717, 1.165) is 11.4 Å². The Bertz CT molecular complexity index is 1400. The second kappa shape index (κ2) is 10.5. The van der Waals surface area contributed by atoms with Gasteiger partial charge in [0.05, 0.1) is 11.1 Å². The van der Waals surface area contributed by atoms with Gasteiger partial charge < -0.3 is 19.9 Å². The summed E-state index contributed by atoms with van der Waals surface area (Å²) in [5.41, 5.74) is 2.07. The molecule has 4 heterocycles. The van der Waals surface area contributed by atoms with Crippen molar-refractivity contribution < 1.29 is 13.9 Å². The van der Waals surface area contributed by atoms with Crippen LogP contribution in [0.4, 0.5) is 21.7 Å². The van der Waals surface area contributed by atoms with Crippen molar-refractivity contribution in [2.24, 2.45) is 0 Å². The lowest BCUT2D eigenvalue weighted by Gasteiger charge is -2.16. The molecule has 0 radical (unpaired) electrons. The predicted octanol–water partition coefficient (Wildman–Crippen LogP) is 5.35. The zero-order chi connectivity index (χ0) is 25.9. The van der Waals surface area contributed by atoms with Crippen LogP contribution in [0.1, 0.15) is 12.6 Å². The maximum absolute atomic E-state index is 13.9. The van der Waals surface area contributed by atoms with Crippen LogP contribution in [0, 0.1) is 12.7 Å². The number of amides is 1. The third-order valence-electron chi connectivity index (χ3n) is 5.42. The fraction of sp³-hybridized carbons (Fsp3) is 0.320. The van der Waals surface area contributed by atoms with E-state index in [9.17, 15) is 9.18 Å². The maximum Gasteiger partial charge on any atom is 0.222 e. The fourth-order valence-corrected chi connectivity index (χ4v) is 4.24. The smallest absolute Gasteiger partial charge is 0.222 e. The van der Waals surface area contributed by atoms with Gasteiger partial charge in [-0.15, -0.1) is 0 Å². The summed E-state index contributed by atoms with van der Waals surface area (Å²) in [4.78, 5) is 29.4. The number of halogens is 1. The van der Waals surface area contributed by atoms with Crippen LogP contribution >= 0.6 is 0 Å². The van der Waals surface area contributed by atoms with Crippen LogP contribution in [0.5, 0.6) is 0 Å². The number of hydrogen-bond donors (Lipinski definition) is 2. The SMILES string of the molecule is CC(=O)Nc1cc(Nc2nc(-c3ccc(F)c(C)n3)nc3c2ccn3COCC[Si](C)(C)C)ccn1. The third kappa shape index (κ3) is 6.29. The van der Waals surface area contributed by atoms with Crippen LogP contribution < -0.4 is 10.6 Å². The molecular weight excluding hydrogens is 477 g/mol. The van der Waals surface area contributed by atoms with Crippen LogP contribution in [-0.2, 0) is 16.3 Å². The summed E-state index contributed by atoms with van der Waals surface area (Å²) < 4.78 is 21.7. The Labute approximate surface area is 210 Å². The number of carbonyl (C=O) groups excluding carboxylic acids is 1. The van der Waals surface area contributed by atoms with Gasteiger partial charge in [-0.2, -0.15) is 0 Å². The van der Waals surface area contributed by atoms with E-state index < -0.39 is 8.07 Å². The topological polar surface area (TPSA) is 107 Å². The Kier molecular flexibility index (Phi) is 7.41. The first-order valence-electron chi connectivity index (χ1n) is 11.7. The van der Waals surface area contributed by atoms with Gasteiger partial charge in [0.2, 0.25) is 5.91 Å². The highest BCUT2D eigenvalue weighted by Gasteiger charge is 2.16. The van der Waals surface area contributed by atoms with E-state index in [0.29, 0.717) is 47.8 Å². The first kappa shape index (κ1) is 25.4. The summed E-state index contributed by atoms with van der Waals surface area (Å²) in [6.07, 6.45) is 3.50. The van der Waals surface area contributed by atoms with Gasteiger partial charge in [-0.05, 0) is 37.2 Å². The van der Waals surface area contributed by atoms with Gasteiger partial charge in [0.1, 0.15) is 35.5 Å². The molecule has 2 N–H and O–H groups in total. The third-order valence-corrected chi connectivity index (χ3v) is 7.13. The number of ether oxygens (including phenoxy) is 1. The van der Waals surface area contributed by atoms with E-state index in [1.807, 2.05) is 16.8 Å². The molecule has 0 unspecified atom stereocenters. The van der Waals surface area contributed by atoms with Gasteiger partial charge >= 0.3 is 0 Å². The average molecular weight is 508 g/mol. The van der Waals surface area contributed by atoms with E-state index in [4.69, 9.17) is 14.7 Å². The number of nitrogens with zero attached hydrogens (tertiary/aromatic N) is 5. The molecule has 1 amide bonds. The Balaban J connectivity index is 1.72. The number of anilines is 3. The molecule has 36 heavy (non-hydrogen) atoms. The molecule has 0 bridgehead atoms. The van der Waals surface area contributed by atoms with E-state index in [1.54, 1.807) is 31.3 Å². The lowest BCUT2D eigenvalue weighted by atomic mass is 10.2. The molecule has 0 aliphatic heterocycles. The molecule has 11 heteroatoms. The monoisotopic (exact) mass is 507 g/mol. The van der Waals surface area contributed by atoms with E-state index in [-0.39, 0.29) is 17.4 Å². The highest BCUT2D eigenvalue weighted by Crippen LogP contribution is 2.28. The Morgan fingerprint density at radius 2 is 1.94 bits per heavy atom. The minimum absolute atomic E-state index is 0.213. The highest BCUT2D eigenvalue weighted by molar-refractivity contribution is 6.76. The van der Waals surface area contributed by atoms with Crippen molar-refractivity contribution in [3.8, 4) is 11.5 Å². The summed E-state index contributed by atoms with van der Waals surface area (Å²) >= 11 is 0. The van der Waals surface area contributed by atoms with Gasteiger partial charge in [-0.1, -0.05) is 19.6 Å². The molecule has 188 valence electrons. The number of aryl methyl sites for hydroxylation is 1. The lowest BCUT2D eigenvalue weighted by Crippen LogP contribution is -2.22. The fourth-order valence-electron chi connectivity index (χ4n) is 3.48. The maximum atomic E-state index is 13.9. The highest BCUT2D eigenvalue weighted by atomic mass is 28.3. The van der Waals surface area contributed by atoms with Gasteiger partial charge in [0, 0.05) is 45.8 Å². The van der Waals surface area contributed by atoms with Gasteiger partial charge in [-0.25, -0.2) is 24.3 Å². The summed E-state index contributed by atoms with van der Waals surface area (Å²) in [6, 6.07) is 9.40. The second-order valence-corrected chi connectivity index (χ2v) is 15.4. The van der Waals surface area contributed by atoms with Gasteiger partial charge in [-0.3, -0.25) is 4.79 Å². The molecule has 4 rings (SSSR count).